The van der Waals surface area contributed by atoms with Crippen LogP contribution in [0.25, 0.3) is 22.3 Å². The molecule has 0 spiro atoms. The fraction of sp³-hybridized carbons (Fsp3) is 0.240. The highest BCUT2D eigenvalue weighted by Crippen LogP contribution is 2.40. The molecular weight excluding hydrogens is 427 g/mol. The largest absolute Gasteiger partial charge is 0.469 e. The number of benzene rings is 1. The summed E-state index contributed by atoms with van der Waals surface area (Å²) in [6, 6.07) is 9.27. The second kappa shape index (κ2) is 11.1. The Balaban J connectivity index is 2.41. The third-order valence-corrected chi connectivity index (χ3v) is 4.95. The number of esters is 2. The van der Waals surface area contributed by atoms with Crippen molar-refractivity contribution in [2.45, 2.75) is 19.4 Å². The lowest BCUT2D eigenvalue weighted by Crippen LogP contribution is -2.15. The first kappa shape index (κ1) is 23.7. The van der Waals surface area contributed by atoms with Gasteiger partial charge >= 0.3 is 11.9 Å². The minimum atomic E-state index is -0.635. The quantitative estimate of drug-likeness (QED) is 0.438. The van der Waals surface area contributed by atoms with Crippen molar-refractivity contribution in [1.82, 2.24) is 9.55 Å². The maximum Gasteiger partial charge on any atom is 0.355 e. The number of carbonyl (C=O) groups excluding carboxylic acids is 2. The van der Waals surface area contributed by atoms with E-state index in [1.54, 1.807) is 41.2 Å². The lowest BCUT2D eigenvalue weighted by atomic mass is 9.95. The van der Waals surface area contributed by atoms with Crippen molar-refractivity contribution < 1.29 is 28.6 Å². The first-order valence-corrected chi connectivity index (χ1v) is 10.2. The molecule has 0 aliphatic carbocycles. The number of halogens is 1. The number of hydrogen-bond donors (Lipinski definition) is 1. The summed E-state index contributed by atoms with van der Waals surface area (Å²) >= 11 is 0. The second-order valence-corrected chi connectivity index (χ2v) is 6.93. The maximum atomic E-state index is 13.7. The van der Waals surface area contributed by atoms with E-state index in [0.29, 0.717) is 22.4 Å². The summed E-state index contributed by atoms with van der Waals surface area (Å²) in [5, 5.41) is 9.21. The van der Waals surface area contributed by atoms with Gasteiger partial charge in [0.1, 0.15) is 17.2 Å². The molecule has 0 fully saturated rings. The molecule has 1 N–H and O–H groups in total. The van der Waals surface area contributed by atoms with E-state index in [9.17, 15) is 19.1 Å². The molecule has 0 saturated heterocycles. The maximum absolute atomic E-state index is 13.7. The Morgan fingerprint density at radius 1 is 1.03 bits per heavy atom. The van der Waals surface area contributed by atoms with Crippen molar-refractivity contribution in [3.8, 4) is 34.1 Å². The van der Waals surface area contributed by atoms with E-state index < -0.39 is 17.8 Å². The fourth-order valence-corrected chi connectivity index (χ4v) is 3.49. The SMILES string of the molecule is COC(=O)CCn1c(C#CCCO)c(-c2ccncc2)c(-c2ccc(F)cc2)c1C(=O)OC. The van der Waals surface area contributed by atoms with Crippen molar-refractivity contribution in [2.24, 2.45) is 0 Å². The van der Waals surface area contributed by atoms with E-state index in [0.717, 1.165) is 5.56 Å². The van der Waals surface area contributed by atoms with Crippen LogP contribution in [-0.4, -0.2) is 47.4 Å². The van der Waals surface area contributed by atoms with Crippen molar-refractivity contribution in [1.29, 1.82) is 0 Å². The molecule has 3 aromatic rings. The highest BCUT2D eigenvalue weighted by molar-refractivity contribution is 6.03. The van der Waals surface area contributed by atoms with Gasteiger partial charge < -0.3 is 19.1 Å². The summed E-state index contributed by atoms with van der Waals surface area (Å²) in [6.45, 7) is -0.0331. The van der Waals surface area contributed by atoms with Crippen LogP contribution in [-0.2, 0) is 20.8 Å². The van der Waals surface area contributed by atoms with Crippen LogP contribution in [0.15, 0.2) is 48.8 Å². The van der Waals surface area contributed by atoms with E-state index in [2.05, 4.69) is 16.8 Å². The molecule has 33 heavy (non-hydrogen) atoms. The molecule has 2 heterocycles. The van der Waals surface area contributed by atoms with Gasteiger partial charge in [-0.1, -0.05) is 18.1 Å². The van der Waals surface area contributed by atoms with Crippen LogP contribution in [0, 0.1) is 17.7 Å². The molecule has 3 rings (SSSR count). The number of pyridine rings is 1. The number of rotatable bonds is 7. The lowest BCUT2D eigenvalue weighted by Gasteiger charge is -2.10. The monoisotopic (exact) mass is 450 g/mol. The Morgan fingerprint density at radius 3 is 2.30 bits per heavy atom. The van der Waals surface area contributed by atoms with Crippen molar-refractivity contribution in [3.63, 3.8) is 0 Å². The average Bonchev–Trinajstić information content (AvgIpc) is 3.17. The Kier molecular flexibility index (Phi) is 7.95. The number of ether oxygens (including phenoxy) is 2. The van der Waals surface area contributed by atoms with Crippen LogP contribution in [0.5, 0.6) is 0 Å². The number of carbonyl (C=O) groups is 2. The lowest BCUT2D eigenvalue weighted by molar-refractivity contribution is -0.140. The number of aliphatic hydroxyl groups is 1. The van der Waals surface area contributed by atoms with Crippen LogP contribution >= 0.6 is 0 Å². The highest BCUT2D eigenvalue weighted by Gasteiger charge is 2.29. The van der Waals surface area contributed by atoms with Gasteiger partial charge in [-0.15, -0.1) is 0 Å². The molecule has 0 bridgehead atoms. The summed E-state index contributed by atoms with van der Waals surface area (Å²) in [6.07, 6.45) is 3.43. The Hall–Kier alpha value is -3.96. The molecule has 0 saturated carbocycles. The van der Waals surface area contributed by atoms with Gasteiger partial charge in [0.05, 0.1) is 27.2 Å². The highest BCUT2D eigenvalue weighted by atomic mass is 19.1. The normalized spacial score (nSPS) is 10.3. The number of nitrogens with zero attached hydrogens (tertiary/aromatic N) is 2. The number of aromatic nitrogens is 2. The fourth-order valence-electron chi connectivity index (χ4n) is 3.49. The van der Waals surface area contributed by atoms with Gasteiger partial charge in [-0.25, -0.2) is 9.18 Å². The molecule has 0 aliphatic heterocycles. The van der Waals surface area contributed by atoms with E-state index in [1.807, 2.05) is 0 Å². The van der Waals surface area contributed by atoms with E-state index in [-0.39, 0.29) is 31.7 Å². The summed E-state index contributed by atoms with van der Waals surface area (Å²) in [7, 11) is 2.55. The number of hydrogen-bond acceptors (Lipinski definition) is 6. The van der Waals surface area contributed by atoms with E-state index in [1.165, 1.54) is 26.4 Å². The zero-order chi connectivity index (χ0) is 23.8. The smallest absolute Gasteiger partial charge is 0.355 e. The van der Waals surface area contributed by atoms with Gasteiger partial charge in [-0.3, -0.25) is 9.78 Å². The zero-order valence-corrected chi connectivity index (χ0v) is 18.3. The first-order chi connectivity index (χ1) is 16.0. The molecule has 8 heteroatoms. The topological polar surface area (TPSA) is 90.6 Å². The molecular formula is C25H23FN2O5. The minimum Gasteiger partial charge on any atom is -0.469 e. The molecule has 0 atom stereocenters. The number of methoxy groups -OCH3 is 2. The molecule has 1 aromatic carbocycles. The van der Waals surface area contributed by atoms with Gasteiger partial charge in [0.15, 0.2) is 0 Å². The van der Waals surface area contributed by atoms with E-state index >= 15 is 0 Å². The molecule has 0 unspecified atom stereocenters. The molecule has 0 radical (unpaired) electrons. The summed E-state index contributed by atoms with van der Waals surface area (Å²) < 4.78 is 25.1. The minimum absolute atomic E-state index is 0.0114. The van der Waals surface area contributed by atoms with Crippen LogP contribution < -0.4 is 0 Å². The van der Waals surface area contributed by atoms with Crippen LogP contribution in [0.2, 0.25) is 0 Å². The third-order valence-electron chi connectivity index (χ3n) is 4.95. The summed E-state index contributed by atoms with van der Waals surface area (Å²) in [5.74, 6) is 4.43. The van der Waals surface area contributed by atoms with Crippen LogP contribution in [0.4, 0.5) is 4.39 Å². The molecule has 7 nitrogen and oxygen atoms in total. The van der Waals surface area contributed by atoms with Gasteiger partial charge in [0.25, 0.3) is 0 Å². The van der Waals surface area contributed by atoms with Crippen LogP contribution in [0.1, 0.15) is 29.0 Å². The van der Waals surface area contributed by atoms with Crippen LogP contribution in [0.3, 0.4) is 0 Å². The predicted octanol–water partition coefficient (Wildman–Crippen LogP) is 3.44. The van der Waals surface area contributed by atoms with Gasteiger partial charge in [-0.05, 0) is 41.3 Å². The first-order valence-electron chi connectivity index (χ1n) is 10.2. The standard InChI is InChI=1S/C25H23FN2O5/c1-32-21(30)12-15-28-20(5-3-4-16-29)22(18-10-13-27-14-11-18)23(24(28)25(31)33-2)17-6-8-19(26)9-7-17/h6-11,13-14,29H,4,12,15-16H2,1-2H3. The Labute approximate surface area is 190 Å². The zero-order valence-electron chi connectivity index (χ0n) is 18.3. The predicted molar refractivity (Wildman–Crippen MR) is 120 cm³/mol. The summed E-state index contributed by atoms with van der Waals surface area (Å²) in [4.78, 5) is 29.0. The Bertz CT molecular complexity index is 1190. The third kappa shape index (κ3) is 5.27. The van der Waals surface area contributed by atoms with Crippen molar-refractivity contribution in [3.05, 3.63) is 66.0 Å². The van der Waals surface area contributed by atoms with Gasteiger partial charge in [0, 0.05) is 36.5 Å². The van der Waals surface area contributed by atoms with Crippen molar-refractivity contribution in [2.75, 3.05) is 20.8 Å². The second-order valence-electron chi connectivity index (χ2n) is 6.93. The number of aliphatic hydroxyl groups excluding tert-OH is 1. The molecule has 0 amide bonds. The molecule has 170 valence electrons. The van der Waals surface area contributed by atoms with Gasteiger partial charge in [-0.2, -0.15) is 0 Å². The molecule has 2 aromatic heterocycles. The van der Waals surface area contributed by atoms with Crippen molar-refractivity contribution >= 4 is 11.9 Å². The Morgan fingerprint density at radius 2 is 1.70 bits per heavy atom. The van der Waals surface area contributed by atoms with Gasteiger partial charge in [0.2, 0.25) is 0 Å². The average molecular weight is 450 g/mol. The molecule has 0 aliphatic rings. The van der Waals surface area contributed by atoms with E-state index in [4.69, 9.17) is 9.47 Å². The summed E-state index contributed by atoms with van der Waals surface area (Å²) in [5.41, 5.74) is 3.03.